The van der Waals surface area contributed by atoms with Crippen LogP contribution in [-0.4, -0.2) is 23.3 Å². The highest BCUT2D eigenvalue weighted by molar-refractivity contribution is 5.86. The Bertz CT molecular complexity index is 537. The lowest BCUT2D eigenvalue weighted by Crippen LogP contribution is -2.56. The highest BCUT2D eigenvalue weighted by atomic mass is 16.6. The third-order valence-electron chi connectivity index (χ3n) is 4.39. The average molecular weight is 289 g/mol. The summed E-state index contributed by atoms with van der Waals surface area (Å²) in [4.78, 5) is 12.1. The van der Waals surface area contributed by atoms with E-state index in [1.807, 2.05) is 38.1 Å². The molecule has 1 aliphatic heterocycles. The van der Waals surface area contributed by atoms with Crippen molar-refractivity contribution in [1.82, 2.24) is 5.32 Å². The molecule has 1 aromatic rings. The first-order valence-corrected chi connectivity index (χ1v) is 7.67. The van der Waals surface area contributed by atoms with E-state index in [1.165, 1.54) is 5.56 Å². The average Bonchev–Trinajstić information content (AvgIpc) is 2.65. The van der Waals surface area contributed by atoms with Crippen molar-refractivity contribution in [2.24, 2.45) is 0 Å². The molecule has 4 nitrogen and oxygen atoms in total. The summed E-state index contributed by atoms with van der Waals surface area (Å²) in [5.41, 5.74) is -0.261. The van der Waals surface area contributed by atoms with Crippen LogP contribution >= 0.6 is 0 Å². The van der Waals surface area contributed by atoms with Gasteiger partial charge in [0.1, 0.15) is 17.5 Å². The minimum absolute atomic E-state index is 0.0538. The molecule has 2 fully saturated rings. The van der Waals surface area contributed by atoms with Gasteiger partial charge in [0.15, 0.2) is 5.72 Å². The number of hydrogen-bond acceptors (Lipinski definition) is 3. The van der Waals surface area contributed by atoms with Crippen LogP contribution in [0.25, 0.3) is 0 Å². The second kappa shape index (κ2) is 5.02. The zero-order valence-electron chi connectivity index (χ0n) is 12.9. The maximum Gasteiger partial charge on any atom is 0.254 e. The first-order valence-electron chi connectivity index (χ1n) is 7.67. The quantitative estimate of drug-likeness (QED) is 0.910. The van der Waals surface area contributed by atoms with E-state index >= 15 is 0 Å². The van der Waals surface area contributed by atoms with E-state index in [0.717, 1.165) is 31.4 Å². The fourth-order valence-corrected chi connectivity index (χ4v) is 3.18. The van der Waals surface area contributed by atoms with Gasteiger partial charge in [-0.05, 0) is 58.6 Å². The van der Waals surface area contributed by atoms with Crippen LogP contribution in [0, 0.1) is 6.92 Å². The number of rotatable bonds is 2. The van der Waals surface area contributed by atoms with Gasteiger partial charge < -0.3 is 14.8 Å². The fourth-order valence-electron chi connectivity index (χ4n) is 3.18. The van der Waals surface area contributed by atoms with Crippen molar-refractivity contribution in [3.8, 4) is 5.75 Å². The number of hydrogen-bond donors (Lipinski definition) is 1. The van der Waals surface area contributed by atoms with E-state index in [9.17, 15) is 4.79 Å². The van der Waals surface area contributed by atoms with Crippen molar-refractivity contribution in [3.63, 3.8) is 0 Å². The molecular weight excluding hydrogens is 266 g/mol. The molecule has 1 N–H and O–H groups in total. The monoisotopic (exact) mass is 289 g/mol. The lowest BCUT2D eigenvalue weighted by atomic mass is 9.89. The summed E-state index contributed by atoms with van der Waals surface area (Å²) in [6.07, 6.45) is 3.70. The summed E-state index contributed by atoms with van der Waals surface area (Å²) in [6.45, 7) is 5.68. The molecule has 2 atom stereocenters. The molecule has 1 aliphatic carbocycles. The molecule has 1 saturated heterocycles. The molecule has 0 radical (unpaired) electrons. The van der Waals surface area contributed by atoms with Gasteiger partial charge in [-0.3, -0.25) is 4.79 Å². The normalized spacial score (nSPS) is 31.2. The predicted octanol–water partition coefficient (Wildman–Crippen LogP) is 2.94. The molecule has 1 saturated carbocycles. The van der Waals surface area contributed by atoms with Gasteiger partial charge in [0, 0.05) is 0 Å². The molecule has 21 heavy (non-hydrogen) atoms. The van der Waals surface area contributed by atoms with Crippen molar-refractivity contribution < 1.29 is 14.3 Å². The first-order chi connectivity index (χ1) is 9.91. The van der Waals surface area contributed by atoms with Crippen molar-refractivity contribution in [3.05, 3.63) is 29.8 Å². The number of ether oxygens (including phenoxy) is 2. The summed E-state index contributed by atoms with van der Waals surface area (Å²) >= 11 is 0. The van der Waals surface area contributed by atoms with Gasteiger partial charge in [-0.1, -0.05) is 17.7 Å². The Kier molecular flexibility index (Phi) is 3.44. The number of amides is 1. The van der Waals surface area contributed by atoms with E-state index in [2.05, 4.69) is 12.2 Å². The van der Waals surface area contributed by atoms with Crippen LogP contribution in [0.1, 0.15) is 45.1 Å². The lowest BCUT2D eigenvalue weighted by molar-refractivity contribution is -0.163. The van der Waals surface area contributed by atoms with Crippen LogP contribution in [0.15, 0.2) is 24.3 Å². The van der Waals surface area contributed by atoms with E-state index in [-0.39, 0.29) is 12.0 Å². The van der Waals surface area contributed by atoms with Crippen LogP contribution in [0.5, 0.6) is 5.75 Å². The Morgan fingerprint density at radius 1 is 1.24 bits per heavy atom. The maximum atomic E-state index is 12.1. The largest absolute Gasteiger partial charge is 0.485 e. The Morgan fingerprint density at radius 2 is 1.95 bits per heavy atom. The maximum absolute atomic E-state index is 12.1. The summed E-state index contributed by atoms with van der Waals surface area (Å²) < 4.78 is 12.3. The molecule has 2 unspecified atom stereocenters. The van der Waals surface area contributed by atoms with Crippen molar-refractivity contribution in [2.75, 3.05) is 0 Å². The summed E-state index contributed by atoms with van der Waals surface area (Å²) in [5.74, 6) is 0.774. The third-order valence-corrected chi connectivity index (χ3v) is 4.39. The molecule has 0 aromatic heterocycles. The van der Waals surface area contributed by atoms with Gasteiger partial charge in [0.2, 0.25) is 0 Å². The van der Waals surface area contributed by atoms with E-state index in [0.29, 0.717) is 0 Å². The van der Waals surface area contributed by atoms with Crippen molar-refractivity contribution in [1.29, 1.82) is 0 Å². The zero-order chi connectivity index (χ0) is 15.1. The molecule has 1 amide bonds. The standard InChI is InChI=1S/C17H23NO3/c1-12-7-9-13(10-8-12)20-14-6-4-5-11-17(14)18-15(19)16(2,3)21-17/h7-10,14H,4-6,11H2,1-3H3,(H,18,19). The van der Waals surface area contributed by atoms with Crippen LogP contribution in [0.3, 0.4) is 0 Å². The Balaban J connectivity index is 1.82. The Hall–Kier alpha value is -1.55. The molecule has 0 bridgehead atoms. The SMILES string of the molecule is Cc1ccc(OC2CCCCC23NC(=O)C(C)(C)O3)cc1. The topological polar surface area (TPSA) is 47.6 Å². The van der Waals surface area contributed by atoms with E-state index < -0.39 is 11.3 Å². The summed E-state index contributed by atoms with van der Waals surface area (Å²) in [6, 6.07) is 8.00. The second-order valence-electron chi connectivity index (χ2n) is 6.62. The molecule has 114 valence electrons. The van der Waals surface area contributed by atoms with Gasteiger partial charge in [-0.15, -0.1) is 0 Å². The van der Waals surface area contributed by atoms with Gasteiger partial charge in [-0.25, -0.2) is 0 Å². The van der Waals surface area contributed by atoms with Gasteiger partial charge in [-0.2, -0.15) is 0 Å². The summed E-state index contributed by atoms with van der Waals surface area (Å²) in [5, 5.41) is 3.06. The van der Waals surface area contributed by atoms with Crippen LogP contribution < -0.4 is 10.1 Å². The van der Waals surface area contributed by atoms with Crippen LogP contribution in [0.2, 0.25) is 0 Å². The van der Waals surface area contributed by atoms with E-state index in [1.54, 1.807) is 0 Å². The predicted molar refractivity (Wildman–Crippen MR) is 80.1 cm³/mol. The highest BCUT2D eigenvalue weighted by Crippen LogP contribution is 2.39. The summed E-state index contributed by atoms with van der Waals surface area (Å²) in [7, 11) is 0. The van der Waals surface area contributed by atoms with Gasteiger partial charge in [0.05, 0.1) is 0 Å². The lowest BCUT2D eigenvalue weighted by Gasteiger charge is -2.40. The van der Waals surface area contributed by atoms with Crippen molar-refractivity contribution >= 4 is 5.91 Å². The minimum Gasteiger partial charge on any atom is -0.485 e. The van der Waals surface area contributed by atoms with Gasteiger partial charge >= 0.3 is 0 Å². The van der Waals surface area contributed by atoms with E-state index in [4.69, 9.17) is 9.47 Å². The second-order valence-corrected chi connectivity index (χ2v) is 6.62. The number of nitrogens with one attached hydrogen (secondary N) is 1. The number of aryl methyl sites for hydroxylation is 1. The molecule has 1 aromatic carbocycles. The number of carbonyl (C=O) groups excluding carboxylic acids is 1. The molecule has 1 heterocycles. The van der Waals surface area contributed by atoms with Gasteiger partial charge in [0.25, 0.3) is 5.91 Å². The highest BCUT2D eigenvalue weighted by Gasteiger charge is 2.56. The molecular formula is C17H23NO3. The Labute approximate surface area is 125 Å². The third kappa shape index (κ3) is 2.64. The minimum atomic E-state index is -0.785. The van der Waals surface area contributed by atoms with Crippen molar-refractivity contribution in [2.45, 2.75) is 63.9 Å². The molecule has 2 aliphatic rings. The fraction of sp³-hybridized carbons (Fsp3) is 0.588. The Morgan fingerprint density at radius 3 is 2.57 bits per heavy atom. The molecule has 3 rings (SSSR count). The molecule has 1 spiro atoms. The zero-order valence-corrected chi connectivity index (χ0v) is 12.9. The van der Waals surface area contributed by atoms with Crippen LogP contribution in [0.4, 0.5) is 0 Å². The number of carbonyl (C=O) groups is 1. The first kappa shape index (κ1) is 14.4. The van der Waals surface area contributed by atoms with Crippen LogP contribution in [-0.2, 0) is 9.53 Å². The molecule has 4 heteroatoms. The smallest absolute Gasteiger partial charge is 0.254 e. The number of benzene rings is 1.